The van der Waals surface area contributed by atoms with Crippen LogP contribution in [-0.4, -0.2) is 69.1 Å². The van der Waals surface area contributed by atoms with E-state index in [1.807, 2.05) is 51.4 Å². The van der Waals surface area contributed by atoms with E-state index in [0.29, 0.717) is 11.8 Å². The van der Waals surface area contributed by atoms with E-state index in [-0.39, 0.29) is 5.91 Å². The van der Waals surface area contributed by atoms with Crippen LogP contribution < -0.4 is 10.2 Å². The summed E-state index contributed by atoms with van der Waals surface area (Å²) >= 11 is 6.20. The molecule has 1 N–H and O–H groups in total. The Morgan fingerprint density at radius 2 is 1.74 bits per heavy atom. The molecule has 0 aromatic heterocycles. The summed E-state index contributed by atoms with van der Waals surface area (Å²) in [6.07, 6.45) is 1.10. The quantitative estimate of drug-likeness (QED) is 0.654. The van der Waals surface area contributed by atoms with E-state index < -0.39 is 0 Å². The topological polar surface area (TPSA) is 38.8 Å². The first-order valence-corrected chi connectivity index (χ1v) is 11.6. The van der Waals surface area contributed by atoms with E-state index in [4.69, 9.17) is 11.6 Å². The minimum Gasteiger partial charge on any atom is -0.385 e. The molecule has 2 heterocycles. The molecule has 0 radical (unpaired) electrons. The molecule has 2 unspecified atom stereocenters. The summed E-state index contributed by atoms with van der Waals surface area (Å²) in [5.74, 6) is 1.38. The van der Waals surface area contributed by atoms with Gasteiger partial charge in [0.05, 0.1) is 0 Å². The number of anilines is 2. The number of rotatable bonds is 7. The number of hydrogen-bond acceptors (Lipinski definition) is 4. The lowest BCUT2D eigenvalue weighted by molar-refractivity contribution is 0.0774. The van der Waals surface area contributed by atoms with Gasteiger partial charge in [0, 0.05) is 68.8 Å². The Morgan fingerprint density at radius 3 is 2.35 bits per heavy atom. The van der Waals surface area contributed by atoms with Crippen molar-refractivity contribution in [1.82, 2.24) is 9.80 Å². The third-order valence-corrected chi connectivity index (χ3v) is 7.04. The third-order valence-electron chi connectivity index (χ3n) is 6.63. The molecule has 6 heteroatoms. The van der Waals surface area contributed by atoms with Gasteiger partial charge in [-0.2, -0.15) is 0 Å². The summed E-state index contributed by atoms with van der Waals surface area (Å²) in [5, 5.41) is 4.28. The maximum atomic E-state index is 12.9. The highest BCUT2D eigenvalue weighted by atomic mass is 35.5. The van der Waals surface area contributed by atoms with Gasteiger partial charge in [0.1, 0.15) is 0 Å². The van der Waals surface area contributed by atoms with Crippen LogP contribution in [0.1, 0.15) is 22.3 Å². The summed E-state index contributed by atoms with van der Waals surface area (Å²) in [7, 11) is 4.02. The van der Waals surface area contributed by atoms with E-state index >= 15 is 0 Å². The number of benzene rings is 2. The van der Waals surface area contributed by atoms with Crippen LogP contribution in [0.4, 0.5) is 11.4 Å². The van der Waals surface area contributed by atoms with Crippen molar-refractivity contribution in [2.24, 2.45) is 11.8 Å². The van der Waals surface area contributed by atoms with Crippen molar-refractivity contribution >= 4 is 28.9 Å². The van der Waals surface area contributed by atoms with Gasteiger partial charge in [0.15, 0.2) is 0 Å². The van der Waals surface area contributed by atoms with Crippen LogP contribution in [0.15, 0.2) is 42.5 Å². The van der Waals surface area contributed by atoms with Crippen LogP contribution >= 0.6 is 11.6 Å². The number of carbonyl (C=O) groups is 1. The SMILES string of the molecule is Cc1ccc(NCCCN2CC3CN(C(=O)c4ccc(N(C)C)cc4)CC3C2)cc1Cl. The fourth-order valence-corrected chi connectivity index (χ4v) is 4.94. The van der Waals surface area contributed by atoms with Gasteiger partial charge in [0.25, 0.3) is 5.91 Å². The van der Waals surface area contributed by atoms with Crippen molar-refractivity contribution in [3.05, 3.63) is 58.6 Å². The maximum Gasteiger partial charge on any atom is 0.253 e. The molecule has 5 nitrogen and oxygen atoms in total. The van der Waals surface area contributed by atoms with Crippen molar-refractivity contribution in [1.29, 1.82) is 0 Å². The van der Waals surface area contributed by atoms with Gasteiger partial charge < -0.3 is 20.0 Å². The molecule has 166 valence electrons. The predicted molar refractivity (Wildman–Crippen MR) is 129 cm³/mol. The first-order valence-electron chi connectivity index (χ1n) is 11.2. The molecule has 2 aromatic carbocycles. The van der Waals surface area contributed by atoms with Crippen LogP contribution in [0.5, 0.6) is 0 Å². The summed E-state index contributed by atoms with van der Waals surface area (Å²) in [5.41, 5.74) is 4.10. The molecule has 2 atom stereocenters. The summed E-state index contributed by atoms with van der Waals surface area (Å²) < 4.78 is 0. The normalized spacial score (nSPS) is 20.7. The molecule has 2 aliphatic rings. The second kappa shape index (κ2) is 9.49. The molecule has 1 amide bonds. The number of halogens is 1. The Labute approximate surface area is 191 Å². The lowest BCUT2D eigenvalue weighted by Crippen LogP contribution is -2.33. The molecule has 2 aromatic rings. The van der Waals surface area contributed by atoms with Crippen molar-refractivity contribution < 1.29 is 4.79 Å². The Morgan fingerprint density at radius 1 is 1.06 bits per heavy atom. The van der Waals surface area contributed by atoms with Crippen molar-refractivity contribution in [2.75, 3.05) is 63.6 Å². The van der Waals surface area contributed by atoms with Crippen LogP contribution in [0, 0.1) is 18.8 Å². The number of fused-ring (bicyclic) bond motifs is 1. The molecule has 0 bridgehead atoms. The van der Waals surface area contributed by atoms with E-state index in [0.717, 1.165) is 73.2 Å². The summed E-state index contributed by atoms with van der Waals surface area (Å²) in [6.45, 7) is 8.03. The minimum absolute atomic E-state index is 0.173. The number of likely N-dealkylation sites (tertiary alicyclic amines) is 2. The smallest absolute Gasteiger partial charge is 0.253 e. The predicted octanol–water partition coefficient (Wildman–Crippen LogP) is 4.22. The molecular formula is C25H33ClN4O. The number of amides is 1. The zero-order chi connectivity index (χ0) is 22.0. The van der Waals surface area contributed by atoms with Crippen LogP contribution in [0.2, 0.25) is 5.02 Å². The molecule has 2 fully saturated rings. The van der Waals surface area contributed by atoms with Crippen LogP contribution in [0.3, 0.4) is 0 Å². The number of hydrogen-bond donors (Lipinski definition) is 1. The molecule has 0 saturated carbocycles. The molecule has 31 heavy (non-hydrogen) atoms. The third kappa shape index (κ3) is 5.16. The average molecular weight is 441 g/mol. The summed E-state index contributed by atoms with van der Waals surface area (Å²) in [4.78, 5) is 19.6. The van der Waals surface area contributed by atoms with Crippen molar-refractivity contribution in [3.8, 4) is 0 Å². The number of nitrogens with one attached hydrogen (secondary N) is 1. The Balaban J connectivity index is 1.20. The Kier molecular flexibility index (Phi) is 6.73. The van der Waals surface area contributed by atoms with Gasteiger partial charge in [-0.1, -0.05) is 17.7 Å². The number of nitrogens with zero attached hydrogens (tertiary/aromatic N) is 3. The summed E-state index contributed by atoms with van der Waals surface area (Å²) in [6, 6.07) is 14.1. The van der Waals surface area contributed by atoms with Gasteiger partial charge in [-0.25, -0.2) is 0 Å². The van der Waals surface area contributed by atoms with Crippen molar-refractivity contribution in [2.45, 2.75) is 13.3 Å². The minimum atomic E-state index is 0.173. The molecule has 2 saturated heterocycles. The zero-order valence-corrected chi connectivity index (χ0v) is 19.5. The maximum absolute atomic E-state index is 12.9. The number of aryl methyl sites for hydroxylation is 1. The zero-order valence-electron chi connectivity index (χ0n) is 18.8. The fraction of sp³-hybridized carbons (Fsp3) is 0.480. The standard InChI is InChI=1S/C25H33ClN4O/c1-18-5-8-22(13-24(18)26)27-11-4-12-29-14-20-16-30(17-21(20)15-29)25(31)19-6-9-23(10-7-19)28(2)3/h5-10,13,20-21,27H,4,11-12,14-17H2,1-3H3. The van der Waals surface area contributed by atoms with E-state index in [1.54, 1.807) is 0 Å². The molecular weight excluding hydrogens is 408 g/mol. The van der Waals surface area contributed by atoms with Gasteiger partial charge in [0.2, 0.25) is 0 Å². The van der Waals surface area contributed by atoms with E-state index in [2.05, 4.69) is 32.1 Å². The van der Waals surface area contributed by atoms with Crippen LogP contribution in [-0.2, 0) is 0 Å². The highest BCUT2D eigenvalue weighted by molar-refractivity contribution is 6.31. The second-order valence-electron chi connectivity index (χ2n) is 9.18. The highest BCUT2D eigenvalue weighted by Crippen LogP contribution is 2.32. The lowest BCUT2D eigenvalue weighted by Gasteiger charge is -2.22. The lowest BCUT2D eigenvalue weighted by atomic mass is 10.0. The molecule has 4 rings (SSSR count). The van der Waals surface area contributed by atoms with E-state index in [9.17, 15) is 4.79 Å². The molecule has 0 spiro atoms. The second-order valence-corrected chi connectivity index (χ2v) is 9.58. The van der Waals surface area contributed by atoms with Gasteiger partial charge in [-0.15, -0.1) is 0 Å². The molecule has 2 aliphatic heterocycles. The van der Waals surface area contributed by atoms with Crippen molar-refractivity contribution in [3.63, 3.8) is 0 Å². The average Bonchev–Trinajstić information content (AvgIpc) is 3.32. The largest absolute Gasteiger partial charge is 0.385 e. The van der Waals surface area contributed by atoms with Gasteiger partial charge >= 0.3 is 0 Å². The van der Waals surface area contributed by atoms with Crippen LogP contribution in [0.25, 0.3) is 0 Å². The Hall–Kier alpha value is -2.24. The fourth-order valence-electron chi connectivity index (χ4n) is 4.76. The van der Waals surface area contributed by atoms with E-state index in [1.165, 1.54) is 0 Å². The number of carbonyl (C=O) groups excluding carboxylic acids is 1. The monoisotopic (exact) mass is 440 g/mol. The first-order chi connectivity index (χ1) is 14.9. The Bertz CT molecular complexity index is 900. The highest BCUT2D eigenvalue weighted by Gasteiger charge is 2.41. The first kappa shape index (κ1) is 22.0. The molecule has 0 aliphatic carbocycles. The van der Waals surface area contributed by atoms with Gasteiger partial charge in [-0.3, -0.25) is 4.79 Å². The van der Waals surface area contributed by atoms with Gasteiger partial charge in [-0.05, 0) is 73.7 Å².